The molecular weight excluding hydrogens is 284 g/mol. The molecule has 0 saturated heterocycles. The van der Waals surface area contributed by atoms with E-state index < -0.39 is 0 Å². The van der Waals surface area contributed by atoms with Crippen LogP contribution < -0.4 is 0 Å². The van der Waals surface area contributed by atoms with E-state index in [1.165, 1.54) is 29.4 Å². The second-order valence-corrected chi connectivity index (χ2v) is 6.10. The van der Waals surface area contributed by atoms with Crippen molar-refractivity contribution in [3.05, 3.63) is 77.4 Å². The molecule has 1 fully saturated rings. The number of esters is 1. The van der Waals surface area contributed by atoms with Gasteiger partial charge in [-0.1, -0.05) is 66.2 Å². The lowest BCUT2D eigenvalue weighted by atomic mass is 9.91. The first-order valence-electron chi connectivity index (χ1n) is 8.17. The Kier molecular flexibility index (Phi) is 4.92. The van der Waals surface area contributed by atoms with Gasteiger partial charge >= 0.3 is 5.97 Å². The molecule has 2 aromatic carbocycles. The molecule has 1 unspecified atom stereocenters. The highest BCUT2D eigenvalue weighted by atomic mass is 16.5. The van der Waals surface area contributed by atoms with Crippen LogP contribution in [0.15, 0.2) is 66.2 Å². The molecule has 0 radical (unpaired) electrons. The highest BCUT2D eigenvalue weighted by molar-refractivity contribution is 5.82. The fourth-order valence-electron chi connectivity index (χ4n) is 3.44. The van der Waals surface area contributed by atoms with Gasteiger partial charge in [0.05, 0.1) is 7.11 Å². The standard InChI is InChI=1S/C21H22O2/c1-23-20(22)15-16-12-13-19(14-16)21(17-8-4-2-5-9-17)18-10-6-3-7-11-18/h2-11,16H,12-15H2,1H3. The maximum absolute atomic E-state index is 11.5. The summed E-state index contributed by atoms with van der Waals surface area (Å²) in [6.07, 6.45) is 3.62. The predicted molar refractivity (Wildman–Crippen MR) is 92.9 cm³/mol. The molecule has 1 saturated carbocycles. The van der Waals surface area contributed by atoms with E-state index >= 15 is 0 Å². The van der Waals surface area contributed by atoms with Gasteiger partial charge in [-0.15, -0.1) is 0 Å². The van der Waals surface area contributed by atoms with Gasteiger partial charge in [0.1, 0.15) is 0 Å². The van der Waals surface area contributed by atoms with Gasteiger partial charge in [-0.25, -0.2) is 0 Å². The normalized spacial score (nSPS) is 17.1. The van der Waals surface area contributed by atoms with Crippen LogP contribution in [0.2, 0.25) is 0 Å². The molecular formula is C21H22O2. The van der Waals surface area contributed by atoms with Gasteiger partial charge in [0.25, 0.3) is 0 Å². The Hall–Kier alpha value is -2.35. The highest BCUT2D eigenvalue weighted by Crippen LogP contribution is 2.40. The van der Waals surface area contributed by atoms with Gasteiger partial charge in [0.2, 0.25) is 0 Å². The first-order valence-corrected chi connectivity index (χ1v) is 8.17. The molecule has 23 heavy (non-hydrogen) atoms. The Morgan fingerprint density at radius 1 is 1.00 bits per heavy atom. The summed E-state index contributed by atoms with van der Waals surface area (Å²) in [7, 11) is 1.47. The minimum Gasteiger partial charge on any atom is -0.469 e. The number of allylic oxidation sites excluding steroid dienone is 1. The molecule has 1 aliphatic rings. The number of hydrogen-bond donors (Lipinski definition) is 0. The van der Waals surface area contributed by atoms with E-state index in [4.69, 9.17) is 4.74 Å². The van der Waals surface area contributed by atoms with Crippen LogP contribution in [0.5, 0.6) is 0 Å². The van der Waals surface area contributed by atoms with Gasteiger partial charge in [-0.05, 0) is 41.9 Å². The molecule has 0 heterocycles. The lowest BCUT2D eigenvalue weighted by Crippen LogP contribution is -2.06. The molecule has 0 N–H and O–H groups in total. The second kappa shape index (κ2) is 7.28. The molecule has 2 aromatic rings. The Labute approximate surface area is 137 Å². The van der Waals surface area contributed by atoms with E-state index in [0.29, 0.717) is 12.3 Å². The van der Waals surface area contributed by atoms with E-state index in [2.05, 4.69) is 48.5 Å². The summed E-state index contributed by atoms with van der Waals surface area (Å²) in [4.78, 5) is 11.5. The van der Waals surface area contributed by atoms with Crippen molar-refractivity contribution in [1.82, 2.24) is 0 Å². The average molecular weight is 306 g/mol. The molecule has 1 aliphatic carbocycles. The molecule has 3 rings (SSSR count). The zero-order valence-electron chi connectivity index (χ0n) is 13.5. The molecule has 0 amide bonds. The van der Waals surface area contributed by atoms with Gasteiger partial charge in [-0.3, -0.25) is 4.79 Å². The number of hydrogen-bond acceptors (Lipinski definition) is 2. The smallest absolute Gasteiger partial charge is 0.305 e. The number of benzene rings is 2. The number of carbonyl (C=O) groups is 1. The van der Waals surface area contributed by atoms with Crippen molar-refractivity contribution in [2.75, 3.05) is 7.11 Å². The van der Waals surface area contributed by atoms with Crippen LogP contribution in [0.3, 0.4) is 0 Å². The van der Waals surface area contributed by atoms with Crippen LogP contribution in [0, 0.1) is 5.92 Å². The van der Waals surface area contributed by atoms with E-state index in [-0.39, 0.29) is 5.97 Å². The summed E-state index contributed by atoms with van der Waals surface area (Å²) in [5.74, 6) is 0.303. The Morgan fingerprint density at radius 3 is 2.09 bits per heavy atom. The van der Waals surface area contributed by atoms with E-state index in [1.54, 1.807) is 0 Å². The van der Waals surface area contributed by atoms with Crippen LogP contribution in [0.1, 0.15) is 36.8 Å². The number of methoxy groups -OCH3 is 1. The maximum atomic E-state index is 11.5. The Morgan fingerprint density at radius 2 is 1.57 bits per heavy atom. The fraction of sp³-hybridized carbons (Fsp3) is 0.286. The van der Waals surface area contributed by atoms with Crippen molar-refractivity contribution >= 4 is 11.5 Å². The molecule has 0 spiro atoms. The van der Waals surface area contributed by atoms with Crippen molar-refractivity contribution in [2.45, 2.75) is 25.7 Å². The lowest BCUT2D eigenvalue weighted by molar-refractivity contribution is -0.141. The third-order valence-electron chi connectivity index (χ3n) is 4.55. The summed E-state index contributed by atoms with van der Waals surface area (Å²) in [5.41, 5.74) is 5.30. The van der Waals surface area contributed by atoms with Gasteiger partial charge in [-0.2, -0.15) is 0 Å². The largest absolute Gasteiger partial charge is 0.469 e. The lowest BCUT2D eigenvalue weighted by Gasteiger charge is -2.13. The molecule has 0 aromatic heterocycles. The third-order valence-corrected chi connectivity index (χ3v) is 4.55. The van der Waals surface area contributed by atoms with Crippen LogP contribution in [0.4, 0.5) is 0 Å². The van der Waals surface area contributed by atoms with E-state index in [9.17, 15) is 4.79 Å². The number of ether oxygens (including phenoxy) is 1. The maximum Gasteiger partial charge on any atom is 0.305 e. The Balaban J connectivity index is 1.95. The predicted octanol–water partition coefficient (Wildman–Crippen LogP) is 4.85. The van der Waals surface area contributed by atoms with Crippen LogP contribution in [-0.2, 0) is 9.53 Å². The first kappa shape index (κ1) is 15.5. The summed E-state index contributed by atoms with van der Waals surface area (Å²) in [6, 6.07) is 21.1. The molecule has 1 atom stereocenters. The SMILES string of the molecule is COC(=O)CC1CCC(=C(c2ccccc2)c2ccccc2)C1. The minimum absolute atomic E-state index is 0.0998. The monoisotopic (exact) mass is 306 g/mol. The Bertz CT molecular complexity index is 645. The third kappa shape index (κ3) is 3.70. The molecule has 118 valence electrons. The van der Waals surface area contributed by atoms with E-state index in [0.717, 1.165) is 19.3 Å². The fourth-order valence-corrected chi connectivity index (χ4v) is 3.44. The van der Waals surface area contributed by atoms with Gasteiger partial charge in [0, 0.05) is 6.42 Å². The minimum atomic E-state index is -0.0998. The number of carbonyl (C=O) groups excluding carboxylic acids is 1. The van der Waals surface area contributed by atoms with Crippen molar-refractivity contribution in [3.8, 4) is 0 Å². The summed E-state index contributed by atoms with van der Waals surface area (Å²) in [5, 5.41) is 0. The van der Waals surface area contributed by atoms with Crippen LogP contribution in [-0.4, -0.2) is 13.1 Å². The highest BCUT2D eigenvalue weighted by Gasteiger charge is 2.25. The van der Waals surface area contributed by atoms with Crippen molar-refractivity contribution in [2.24, 2.45) is 5.92 Å². The summed E-state index contributed by atoms with van der Waals surface area (Å²) in [6.45, 7) is 0. The topological polar surface area (TPSA) is 26.3 Å². The first-order chi connectivity index (χ1) is 11.3. The number of rotatable bonds is 4. The van der Waals surface area contributed by atoms with Crippen molar-refractivity contribution in [1.29, 1.82) is 0 Å². The molecule has 2 heteroatoms. The van der Waals surface area contributed by atoms with Crippen molar-refractivity contribution in [3.63, 3.8) is 0 Å². The zero-order valence-corrected chi connectivity index (χ0v) is 13.5. The summed E-state index contributed by atoms with van der Waals surface area (Å²) >= 11 is 0. The zero-order chi connectivity index (χ0) is 16.1. The van der Waals surface area contributed by atoms with Gasteiger partial charge in [0.15, 0.2) is 0 Å². The van der Waals surface area contributed by atoms with Gasteiger partial charge < -0.3 is 4.74 Å². The molecule has 2 nitrogen and oxygen atoms in total. The van der Waals surface area contributed by atoms with Crippen LogP contribution >= 0.6 is 0 Å². The quantitative estimate of drug-likeness (QED) is 0.755. The second-order valence-electron chi connectivity index (χ2n) is 6.10. The van der Waals surface area contributed by atoms with Crippen molar-refractivity contribution < 1.29 is 9.53 Å². The summed E-state index contributed by atoms with van der Waals surface area (Å²) < 4.78 is 4.82. The molecule has 0 aliphatic heterocycles. The molecule has 0 bridgehead atoms. The average Bonchev–Trinajstić information content (AvgIpc) is 3.05. The van der Waals surface area contributed by atoms with E-state index in [1.807, 2.05) is 12.1 Å². The van der Waals surface area contributed by atoms with Crippen LogP contribution in [0.25, 0.3) is 5.57 Å².